The van der Waals surface area contributed by atoms with Crippen LogP contribution >= 0.6 is 0 Å². The van der Waals surface area contributed by atoms with Crippen LogP contribution in [0.25, 0.3) is 0 Å². The second-order valence-corrected chi connectivity index (χ2v) is 8.21. The van der Waals surface area contributed by atoms with Gasteiger partial charge < -0.3 is 16.8 Å². The normalized spacial score (nSPS) is 18.6. The Kier molecular flexibility index (Phi) is 5.80. The number of benzene rings is 1. The van der Waals surface area contributed by atoms with Gasteiger partial charge in [0.2, 0.25) is 5.96 Å². The van der Waals surface area contributed by atoms with E-state index in [9.17, 15) is 5.26 Å². The Morgan fingerprint density at radius 2 is 2.03 bits per heavy atom. The van der Waals surface area contributed by atoms with E-state index in [1.54, 1.807) is 18.3 Å². The van der Waals surface area contributed by atoms with Crippen molar-refractivity contribution in [2.45, 2.75) is 32.4 Å². The van der Waals surface area contributed by atoms with Crippen molar-refractivity contribution in [1.82, 2.24) is 15.2 Å². The number of anilines is 3. The number of hydrogen-bond donors (Lipinski definition) is 4. The van der Waals surface area contributed by atoms with E-state index in [0.29, 0.717) is 29.2 Å². The summed E-state index contributed by atoms with van der Waals surface area (Å²) in [6.07, 6.45) is 4.03. The number of guanidine groups is 1. The molecule has 0 spiro atoms. The lowest BCUT2D eigenvalue weighted by atomic mass is 9.94. The van der Waals surface area contributed by atoms with Crippen LogP contribution in [0.3, 0.4) is 0 Å². The lowest BCUT2D eigenvalue weighted by Crippen LogP contribution is -2.33. The van der Waals surface area contributed by atoms with Crippen molar-refractivity contribution in [3.8, 4) is 12.3 Å². The van der Waals surface area contributed by atoms with E-state index >= 15 is 4.39 Å². The van der Waals surface area contributed by atoms with Crippen molar-refractivity contribution in [2.75, 3.05) is 29.9 Å². The zero-order valence-corrected chi connectivity index (χ0v) is 17.7. The van der Waals surface area contributed by atoms with E-state index in [0.717, 1.165) is 25.9 Å². The first-order chi connectivity index (χ1) is 15.4. The number of halogens is 1. The standard InChI is InChI=1S/C22H24FN9/c1-12-4-6-32(7-5-12)10-14-3-2-13(8-16(14)23)19-17-18(26)15(9-24)20(27)30-21(17)31-22(29-19)28-11-25/h2-3,8,12,19H,4-7,10H2,1H3,(H6,26,27,28,29,30,31). The molecule has 0 aliphatic carbocycles. The van der Waals surface area contributed by atoms with Crippen LogP contribution in [-0.4, -0.2) is 28.9 Å². The van der Waals surface area contributed by atoms with Gasteiger partial charge in [0.15, 0.2) is 6.19 Å². The van der Waals surface area contributed by atoms with E-state index < -0.39 is 6.04 Å². The summed E-state index contributed by atoms with van der Waals surface area (Å²) < 4.78 is 15.1. The van der Waals surface area contributed by atoms with Crippen molar-refractivity contribution in [2.24, 2.45) is 10.9 Å². The summed E-state index contributed by atoms with van der Waals surface area (Å²) in [5, 5.41) is 23.7. The summed E-state index contributed by atoms with van der Waals surface area (Å²) >= 11 is 0. The summed E-state index contributed by atoms with van der Waals surface area (Å²) in [5.74, 6) is 0.731. The predicted octanol–water partition coefficient (Wildman–Crippen LogP) is 2.43. The number of pyridine rings is 1. The van der Waals surface area contributed by atoms with Crippen LogP contribution in [0.1, 0.15) is 48.1 Å². The number of nitrogens with two attached hydrogens (primary N) is 2. The van der Waals surface area contributed by atoms with Gasteiger partial charge in [-0.15, -0.1) is 0 Å². The number of aliphatic imine (C=N–C) groups is 1. The molecule has 2 aliphatic rings. The Bertz CT molecular complexity index is 1150. The van der Waals surface area contributed by atoms with Crippen LogP contribution in [0.5, 0.6) is 0 Å². The monoisotopic (exact) mass is 433 g/mol. The van der Waals surface area contributed by atoms with E-state index in [4.69, 9.17) is 16.7 Å². The fourth-order valence-corrected chi connectivity index (χ4v) is 4.15. The number of aromatic nitrogens is 1. The third-order valence-electron chi connectivity index (χ3n) is 6.02. The van der Waals surface area contributed by atoms with Crippen molar-refractivity contribution < 1.29 is 4.39 Å². The average Bonchev–Trinajstić information content (AvgIpc) is 2.76. The molecule has 6 N–H and O–H groups in total. The molecule has 0 radical (unpaired) electrons. The zero-order valence-electron chi connectivity index (χ0n) is 17.7. The highest BCUT2D eigenvalue weighted by atomic mass is 19.1. The Morgan fingerprint density at radius 1 is 1.28 bits per heavy atom. The summed E-state index contributed by atoms with van der Waals surface area (Å²) in [4.78, 5) is 10.9. The summed E-state index contributed by atoms with van der Waals surface area (Å²) in [7, 11) is 0. The molecular weight excluding hydrogens is 409 g/mol. The topological polar surface area (TPSA) is 152 Å². The molecule has 2 aromatic rings. The molecule has 1 aromatic carbocycles. The molecule has 9 nitrogen and oxygen atoms in total. The lowest BCUT2D eigenvalue weighted by Gasteiger charge is -2.30. The maximum atomic E-state index is 15.1. The van der Waals surface area contributed by atoms with Crippen LogP contribution in [0, 0.1) is 34.5 Å². The van der Waals surface area contributed by atoms with Crippen molar-refractivity contribution in [3.05, 3.63) is 46.3 Å². The van der Waals surface area contributed by atoms with Gasteiger partial charge in [0, 0.05) is 17.7 Å². The molecule has 0 bridgehead atoms. The molecule has 0 saturated carbocycles. The number of piperidine rings is 1. The van der Waals surface area contributed by atoms with Gasteiger partial charge in [-0.1, -0.05) is 19.1 Å². The average molecular weight is 433 g/mol. The van der Waals surface area contributed by atoms with Gasteiger partial charge in [-0.05, 0) is 43.5 Å². The molecule has 164 valence electrons. The fourth-order valence-electron chi connectivity index (χ4n) is 4.15. The van der Waals surface area contributed by atoms with Gasteiger partial charge in [-0.25, -0.2) is 14.4 Å². The summed E-state index contributed by atoms with van der Waals surface area (Å²) in [5.41, 5.74) is 13.8. The number of nitrogens with zero attached hydrogens (tertiary/aromatic N) is 5. The number of rotatable bonds is 3. The van der Waals surface area contributed by atoms with Gasteiger partial charge in [-0.3, -0.25) is 10.2 Å². The number of nitriles is 2. The lowest BCUT2D eigenvalue weighted by molar-refractivity contribution is 0.183. The molecule has 10 heteroatoms. The van der Waals surface area contributed by atoms with Crippen molar-refractivity contribution >= 4 is 23.3 Å². The highest BCUT2D eigenvalue weighted by Gasteiger charge is 2.30. The van der Waals surface area contributed by atoms with Crippen LogP contribution in [-0.2, 0) is 6.54 Å². The first-order valence-electron chi connectivity index (χ1n) is 10.4. The van der Waals surface area contributed by atoms with Crippen LogP contribution < -0.4 is 22.1 Å². The second kappa shape index (κ2) is 8.69. The molecule has 1 atom stereocenters. The number of nitrogens with one attached hydrogen (secondary N) is 2. The van der Waals surface area contributed by atoms with Crippen LogP contribution in [0.2, 0.25) is 0 Å². The first-order valence-corrected chi connectivity index (χ1v) is 10.4. The minimum absolute atomic E-state index is 0.0365. The van der Waals surface area contributed by atoms with Crippen molar-refractivity contribution in [3.63, 3.8) is 0 Å². The first kappa shape index (κ1) is 21.3. The Balaban J connectivity index is 1.70. The SMILES string of the molecule is CC1CCN(Cc2ccc(C3N=C(NC#N)Nc4nc(N)c(C#N)c(N)c43)cc2F)CC1. The molecule has 2 aliphatic heterocycles. The van der Waals surface area contributed by atoms with E-state index in [1.807, 2.05) is 6.07 Å². The number of fused-ring (bicyclic) bond motifs is 1. The van der Waals surface area contributed by atoms with E-state index in [-0.39, 0.29) is 34.7 Å². The van der Waals surface area contributed by atoms with Crippen LogP contribution in [0.4, 0.5) is 21.7 Å². The predicted molar refractivity (Wildman–Crippen MR) is 120 cm³/mol. The third kappa shape index (κ3) is 4.01. The van der Waals surface area contributed by atoms with E-state index in [2.05, 4.69) is 32.4 Å². The van der Waals surface area contributed by atoms with Gasteiger partial charge in [0.1, 0.15) is 35.1 Å². The third-order valence-corrected chi connectivity index (χ3v) is 6.02. The van der Waals surface area contributed by atoms with E-state index in [1.165, 1.54) is 6.07 Å². The number of hydrogen-bond acceptors (Lipinski definition) is 9. The minimum atomic E-state index is -0.762. The Labute approximate surface area is 185 Å². The highest BCUT2D eigenvalue weighted by molar-refractivity contribution is 5.98. The molecule has 1 aromatic heterocycles. The summed E-state index contributed by atoms with van der Waals surface area (Å²) in [6, 6.07) is 6.17. The zero-order chi connectivity index (χ0) is 22.8. The van der Waals surface area contributed by atoms with Gasteiger partial charge in [-0.2, -0.15) is 10.5 Å². The molecule has 1 unspecified atom stereocenters. The second-order valence-electron chi connectivity index (χ2n) is 8.21. The summed E-state index contributed by atoms with van der Waals surface area (Å²) in [6.45, 7) is 4.70. The number of likely N-dealkylation sites (tertiary alicyclic amines) is 1. The van der Waals surface area contributed by atoms with Crippen molar-refractivity contribution in [1.29, 1.82) is 10.5 Å². The number of nitrogen functional groups attached to an aromatic ring is 2. The largest absolute Gasteiger partial charge is 0.397 e. The molecular formula is C22H24FN9. The van der Waals surface area contributed by atoms with Gasteiger partial charge in [0.05, 0.1) is 5.69 Å². The molecule has 1 saturated heterocycles. The van der Waals surface area contributed by atoms with Gasteiger partial charge >= 0.3 is 0 Å². The molecule has 4 rings (SSSR count). The Morgan fingerprint density at radius 3 is 2.69 bits per heavy atom. The molecule has 32 heavy (non-hydrogen) atoms. The highest BCUT2D eigenvalue weighted by Crippen LogP contribution is 2.40. The molecule has 0 amide bonds. The Hall–Kier alpha value is -3.89. The fraction of sp³-hybridized carbons (Fsp3) is 0.364. The maximum Gasteiger partial charge on any atom is 0.211 e. The smallest absolute Gasteiger partial charge is 0.211 e. The quantitative estimate of drug-likeness (QED) is 0.425. The maximum absolute atomic E-state index is 15.1. The minimum Gasteiger partial charge on any atom is -0.397 e. The molecule has 3 heterocycles. The van der Waals surface area contributed by atoms with Crippen LogP contribution in [0.15, 0.2) is 23.2 Å². The van der Waals surface area contributed by atoms with Gasteiger partial charge in [0.25, 0.3) is 0 Å². The molecule has 1 fully saturated rings.